The van der Waals surface area contributed by atoms with E-state index in [2.05, 4.69) is 5.32 Å². The number of halogens is 1. The molecule has 0 aliphatic carbocycles. The number of amides is 1. The molecule has 0 radical (unpaired) electrons. The van der Waals surface area contributed by atoms with E-state index in [1.807, 2.05) is 12.1 Å². The maximum Gasteiger partial charge on any atom is 0.224 e. The summed E-state index contributed by atoms with van der Waals surface area (Å²) in [5.74, 6) is 0.427. The van der Waals surface area contributed by atoms with Crippen molar-refractivity contribution < 1.29 is 14.6 Å². The molecule has 1 aliphatic heterocycles. The van der Waals surface area contributed by atoms with Crippen LogP contribution in [0, 0.1) is 5.92 Å². The first-order valence-corrected chi connectivity index (χ1v) is 7.33. The molecule has 0 bridgehead atoms. The van der Waals surface area contributed by atoms with E-state index in [9.17, 15) is 4.79 Å². The summed E-state index contributed by atoms with van der Waals surface area (Å²) in [6.07, 6.45) is 2.95. The van der Waals surface area contributed by atoms with E-state index < -0.39 is 0 Å². The number of carbonyl (C=O) groups excluding carboxylic acids is 1. The predicted molar refractivity (Wildman–Crippen MR) is 79.0 cm³/mol. The Morgan fingerprint density at radius 1 is 1.40 bits per heavy atom. The molecule has 1 aromatic carbocycles. The molecule has 1 fully saturated rings. The molecule has 4 nitrogen and oxygen atoms in total. The van der Waals surface area contributed by atoms with Gasteiger partial charge in [0.05, 0.1) is 0 Å². The second kappa shape index (κ2) is 7.62. The molecule has 2 rings (SSSR count). The van der Waals surface area contributed by atoms with Crippen molar-refractivity contribution in [3.63, 3.8) is 0 Å². The van der Waals surface area contributed by atoms with Gasteiger partial charge in [0.1, 0.15) is 0 Å². The fraction of sp³-hybridized carbons (Fsp3) is 0.533. The fourth-order valence-electron chi connectivity index (χ4n) is 2.37. The van der Waals surface area contributed by atoms with Crippen molar-refractivity contribution in [2.75, 3.05) is 25.1 Å². The van der Waals surface area contributed by atoms with Gasteiger partial charge in [0.25, 0.3) is 0 Å². The van der Waals surface area contributed by atoms with Gasteiger partial charge in [-0.3, -0.25) is 4.79 Å². The highest BCUT2D eigenvalue weighted by atomic mass is 35.5. The molecule has 1 aliphatic rings. The SMILES string of the molecule is O=C(CC1CCOCC1)Nc1ccc(CCO)c(Cl)c1. The molecule has 2 N–H and O–H groups in total. The van der Waals surface area contributed by atoms with Crippen LogP contribution in [0.15, 0.2) is 18.2 Å². The number of carbonyl (C=O) groups is 1. The molecular weight excluding hydrogens is 278 g/mol. The average Bonchev–Trinajstić information content (AvgIpc) is 2.43. The Hall–Kier alpha value is -1.10. The number of aliphatic hydroxyl groups excluding tert-OH is 1. The summed E-state index contributed by atoms with van der Waals surface area (Å²) in [7, 11) is 0. The number of ether oxygens (including phenoxy) is 1. The standard InChI is InChI=1S/C15H20ClNO3/c16-14-10-13(2-1-12(14)3-6-18)17-15(19)9-11-4-7-20-8-5-11/h1-2,10-11,18H,3-9H2,(H,17,19). The van der Waals surface area contributed by atoms with Crippen molar-refractivity contribution in [1.82, 2.24) is 0 Å². The van der Waals surface area contributed by atoms with Crippen molar-refractivity contribution in [2.24, 2.45) is 5.92 Å². The number of benzene rings is 1. The topological polar surface area (TPSA) is 58.6 Å². The van der Waals surface area contributed by atoms with Crippen LogP contribution in [-0.4, -0.2) is 30.8 Å². The van der Waals surface area contributed by atoms with Gasteiger partial charge >= 0.3 is 0 Å². The molecule has 1 heterocycles. The van der Waals surface area contributed by atoms with Crippen LogP contribution in [0.1, 0.15) is 24.8 Å². The van der Waals surface area contributed by atoms with Crippen LogP contribution in [0.5, 0.6) is 0 Å². The molecule has 0 atom stereocenters. The van der Waals surface area contributed by atoms with Gasteiger partial charge in [-0.25, -0.2) is 0 Å². The lowest BCUT2D eigenvalue weighted by molar-refractivity contribution is -0.117. The molecule has 110 valence electrons. The molecule has 1 saturated heterocycles. The number of rotatable bonds is 5. The predicted octanol–water partition coefficient (Wildman–Crippen LogP) is 2.63. The van der Waals surface area contributed by atoms with Gasteiger partial charge in [-0.15, -0.1) is 0 Å². The third-order valence-corrected chi connectivity index (χ3v) is 3.88. The molecule has 0 unspecified atom stereocenters. The summed E-state index contributed by atoms with van der Waals surface area (Å²) in [6, 6.07) is 5.38. The number of aliphatic hydroxyl groups is 1. The van der Waals surface area contributed by atoms with Crippen molar-refractivity contribution in [3.05, 3.63) is 28.8 Å². The quantitative estimate of drug-likeness (QED) is 0.878. The minimum atomic E-state index is 0.0166. The Balaban J connectivity index is 1.88. The summed E-state index contributed by atoms with van der Waals surface area (Å²) in [5, 5.41) is 12.3. The van der Waals surface area contributed by atoms with Crippen LogP contribution in [0.4, 0.5) is 5.69 Å². The summed E-state index contributed by atoms with van der Waals surface area (Å²) in [5.41, 5.74) is 1.59. The molecule has 1 amide bonds. The van der Waals surface area contributed by atoms with E-state index in [0.29, 0.717) is 29.5 Å². The monoisotopic (exact) mass is 297 g/mol. The van der Waals surface area contributed by atoms with Crippen LogP contribution in [0.25, 0.3) is 0 Å². The normalized spacial score (nSPS) is 16.1. The molecule has 0 aromatic heterocycles. The van der Waals surface area contributed by atoms with Crippen LogP contribution in [-0.2, 0) is 16.0 Å². The maximum absolute atomic E-state index is 12.0. The highest BCUT2D eigenvalue weighted by molar-refractivity contribution is 6.31. The second-order valence-corrected chi connectivity index (χ2v) is 5.50. The Labute approximate surface area is 124 Å². The average molecular weight is 298 g/mol. The number of nitrogens with one attached hydrogen (secondary N) is 1. The van der Waals surface area contributed by atoms with E-state index in [-0.39, 0.29) is 12.5 Å². The third-order valence-electron chi connectivity index (χ3n) is 3.53. The van der Waals surface area contributed by atoms with Crippen molar-refractivity contribution in [1.29, 1.82) is 0 Å². The lowest BCUT2D eigenvalue weighted by Crippen LogP contribution is -2.22. The number of hydrogen-bond acceptors (Lipinski definition) is 3. The minimum Gasteiger partial charge on any atom is -0.396 e. The van der Waals surface area contributed by atoms with Crippen LogP contribution in [0.3, 0.4) is 0 Å². The van der Waals surface area contributed by atoms with Gasteiger partial charge in [-0.2, -0.15) is 0 Å². The van der Waals surface area contributed by atoms with Gasteiger partial charge in [-0.05, 0) is 42.9 Å². The Morgan fingerprint density at radius 2 is 2.15 bits per heavy atom. The first-order chi connectivity index (χ1) is 9.69. The van der Waals surface area contributed by atoms with Gasteiger partial charge in [0.15, 0.2) is 0 Å². The summed E-state index contributed by atoms with van der Waals surface area (Å²) >= 11 is 6.10. The zero-order valence-corrected chi connectivity index (χ0v) is 12.2. The van der Waals surface area contributed by atoms with Crippen molar-refractivity contribution in [3.8, 4) is 0 Å². The smallest absolute Gasteiger partial charge is 0.224 e. The second-order valence-electron chi connectivity index (χ2n) is 5.09. The third kappa shape index (κ3) is 4.47. The van der Waals surface area contributed by atoms with Crippen molar-refractivity contribution in [2.45, 2.75) is 25.7 Å². The Bertz CT molecular complexity index is 458. The Morgan fingerprint density at radius 3 is 2.80 bits per heavy atom. The van der Waals surface area contributed by atoms with Gasteiger partial charge in [0, 0.05) is 37.0 Å². The molecule has 20 heavy (non-hydrogen) atoms. The Kier molecular flexibility index (Phi) is 5.83. The van der Waals surface area contributed by atoms with Crippen LogP contribution >= 0.6 is 11.6 Å². The lowest BCUT2D eigenvalue weighted by Gasteiger charge is -2.21. The largest absolute Gasteiger partial charge is 0.396 e. The van der Waals surface area contributed by atoms with E-state index in [4.69, 9.17) is 21.4 Å². The molecule has 1 aromatic rings. The molecular formula is C15H20ClNO3. The first kappa shape index (κ1) is 15.3. The summed E-state index contributed by atoms with van der Waals surface area (Å²) in [6.45, 7) is 1.56. The van der Waals surface area contributed by atoms with Gasteiger partial charge in [0.2, 0.25) is 5.91 Å². The van der Waals surface area contributed by atoms with E-state index >= 15 is 0 Å². The summed E-state index contributed by atoms with van der Waals surface area (Å²) in [4.78, 5) is 12.0. The maximum atomic E-state index is 12.0. The first-order valence-electron chi connectivity index (χ1n) is 6.96. The lowest BCUT2D eigenvalue weighted by atomic mass is 9.96. The van der Waals surface area contributed by atoms with Crippen LogP contribution < -0.4 is 5.32 Å². The zero-order chi connectivity index (χ0) is 14.4. The molecule has 0 spiro atoms. The van der Waals surface area contributed by atoms with Crippen molar-refractivity contribution >= 4 is 23.2 Å². The number of anilines is 1. The molecule has 0 saturated carbocycles. The highest BCUT2D eigenvalue weighted by Crippen LogP contribution is 2.23. The number of hydrogen-bond donors (Lipinski definition) is 2. The van der Waals surface area contributed by atoms with Crippen LogP contribution in [0.2, 0.25) is 5.02 Å². The van der Waals surface area contributed by atoms with Gasteiger partial charge < -0.3 is 15.2 Å². The summed E-state index contributed by atoms with van der Waals surface area (Å²) < 4.78 is 5.28. The fourth-order valence-corrected chi connectivity index (χ4v) is 2.65. The van der Waals surface area contributed by atoms with Gasteiger partial charge in [-0.1, -0.05) is 17.7 Å². The van der Waals surface area contributed by atoms with E-state index in [1.54, 1.807) is 6.07 Å². The zero-order valence-electron chi connectivity index (χ0n) is 11.4. The van der Waals surface area contributed by atoms with E-state index in [0.717, 1.165) is 31.6 Å². The molecule has 5 heteroatoms. The van der Waals surface area contributed by atoms with E-state index in [1.165, 1.54) is 0 Å². The highest BCUT2D eigenvalue weighted by Gasteiger charge is 2.17. The minimum absolute atomic E-state index is 0.0166.